The maximum Gasteiger partial charge on any atom is 0.255 e. The Hall–Kier alpha value is -1.43. The van der Waals surface area contributed by atoms with E-state index in [1.54, 1.807) is 11.6 Å². The van der Waals surface area contributed by atoms with Crippen molar-refractivity contribution in [1.82, 2.24) is 9.47 Å². The third kappa shape index (κ3) is 3.32. The number of pyridine rings is 1. The third-order valence-corrected chi connectivity index (χ3v) is 4.32. The Morgan fingerprint density at radius 2 is 2.11 bits per heavy atom. The Bertz CT molecular complexity index is 532. The van der Waals surface area contributed by atoms with Gasteiger partial charge in [-0.1, -0.05) is 0 Å². The summed E-state index contributed by atoms with van der Waals surface area (Å²) < 4.78 is 1.64. The van der Waals surface area contributed by atoms with Gasteiger partial charge in [-0.05, 0) is 19.1 Å². The molecule has 0 unspecified atom stereocenters. The van der Waals surface area contributed by atoms with Gasteiger partial charge in [0.25, 0.3) is 5.56 Å². The summed E-state index contributed by atoms with van der Waals surface area (Å²) in [7, 11) is 1.77. The Kier molecular flexibility index (Phi) is 4.52. The van der Waals surface area contributed by atoms with Crippen LogP contribution in [0.15, 0.2) is 21.9 Å². The van der Waals surface area contributed by atoms with E-state index in [4.69, 9.17) is 5.73 Å². The zero-order valence-corrected chi connectivity index (χ0v) is 12.2. The van der Waals surface area contributed by atoms with Gasteiger partial charge in [0.05, 0.1) is 6.54 Å². The van der Waals surface area contributed by atoms with Crippen LogP contribution in [0.2, 0.25) is 0 Å². The zero-order chi connectivity index (χ0) is 13.8. The van der Waals surface area contributed by atoms with Gasteiger partial charge in [0.2, 0.25) is 0 Å². The minimum absolute atomic E-state index is 0.00532. The van der Waals surface area contributed by atoms with Gasteiger partial charge in [0.1, 0.15) is 0 Å². The summed E-state index contributed by atoms with van der Waals surface area (Å²) in [5.74, 6) is 2.72. The van der Waals surface area contributed by atoms with Gasteiger partial charge < -0.3 is 15.2 Å². The molecule has 6 heteroatoms. The summed E-state index contributed by atoms with van der Waals surface area (Å²) in [5, 5.41) is 0. The fourth-order valence-corrected chi connectivity index (χ4v) is 2.86. The van der Waals surface area contributed by atoms with Crippen LogP contribution in [0.25, 0.3) is 0 Å². The lowest BCUT2D eigenvalue weighted by atomic mass is 10.2. The molecule has 2 rings (SSSR count). The van der Waals surface area contributed by atoms with E-state index in [2.05, 4.69) is 9.89 Å². The fraction of sp³-hybridized carbons (Fsp3) is 0.538. The monoisotopic (exact) mass is 280 g/mol. The molecule has 1 aliphatic rings. The highest BCUT2D eigenvalue weighted by Gasteiger charge is 2.12. The van der Waals surface area contributed by atoms with Crippen molar-refractivity contribution in [3.63, 3.8) is 0 Å². The Labute approximate surface area is 117 Å². The highest BCUT2D eigenvalue weighted by Crippen LogP contribution is 2.08. The minimum atomic E-state index is 0.00532. The topological polar surface area (TPSA) is 63.6 Å². The van der Waals surface area contributed by atoms with E-state index in [0.717, 1.165) is 30.3 Å². The van der Waals surface area contributed by atoms with Gasteiger partial charge in [0, 0.05) is 42.9 Å². The molecular formula is C13H20N4OS. The number of rotatable bonds is 2. The molecule has 0 bridgehead atoms. The van der Waals surface area contributed by atoms with Crippen LogP contribution in [0.5, 0.6) is 0 Å². The lowest BCUT2D eigenvalue weighted by Crippen LogP contribution is -2.42. The number of guanidine groups is 1. The number of hydrogen-bond acceptors (Lipinski definition) is 3. The maximum absolute atomic E-state index is 12.0. The fourth-order valence-electron chi connectivity index (χ4n) is 1.96. The highest BCUT2D eigenvalue weighted by molar-refractivity contribution is 7.99. The second-order valence-electron chi connectivity index (χ2n) is 4.64. The maximum atomic E-state index is 12.0. The average molecular weight is 280 g/mol. The molecule has 0 aromatic carbocycles. The third-order valence-electron chi connectivity index (χ3n) is 3.38. The number of aryl methyl sites for hydroxylation is 1. The van der Waals surface area contributed by atoms with Crippen molar-refractivity contribution in [2.24, 2.45) is 17.8 Å². The summed E-state index contributed by atoms with van der Waals surface area (Å²) in [6, 6.07) is 3.76. The van der Waals surface area contributed by atoms with E-state index in [0.29, 0.717) is 18.1 Å². The van der Waals surface area contributed by atoms with E-state index in [-0.39, 0.29) is 5.56 Å². The smallest absolute Gasteiger partial charge is 0.255 e. The number of thioether (sulfide) groups is 1. The molecule has 1 aliphatic heterocycles. The molecule has 0 atom stereocenters. The molecule has 0 spiro atoms. The second-order valence-corrected chi connectivity index (χ2v) is 5.86. The molecular weight excluding hydrogens is 260 g/mol. The van der Waals surface area contributed by atoms with Gasteiger partial charge in [-0.15, -0.1) is 0 Å². The first kappa shape index (κ1) is 14.0. The van der Waals surface area contributed by atoms with Crippen LogP contribution in [0, 0.1) is 6.92 Å². The number of aliphatic imine (C=N–C) groups is 1. The summed E-state index contributed by atoms with van der Waals surface area (Å²) in [5.41, 5.74) is 7.60. The van der Waals surface area contributed by atoms with E-state index >= 15 is 0 Å². The first-order valence-electron chi connectivity index (χ1n) is 6.37. The van der Waals surface area contributed by atoms with Crippen LogP contribution in [-0.4, -0.2) is 40.0 Å². The molecule has 0 aliphatic carbocycles. The quantitative estimate of drug-likeness (QED) is 0.635. The van der Waals surface area contributed by atoms with Crippen LogP contribution >= 0.6 is 11.8 Å². The van der Waals surface area contributed by atoms with Crippen molar-refractivity contribution < 1.29 is 0 Å². The summed E-state index contributed by atoms with van der Waals surface area (Å²) >= 11 is 1.93. The van der Waals surface area contributed by atoms with Crippen molar-refractivity contribution in [3.8, 4) is 0 Å². The van der Waals surface area contributed by atoms with Gasteiger partial charge in [-0.3, -0.25) is 4.79 Å². The van der Waals surface area contributed by atoms with Crippen LogP contribution in [0.3, 0.4) is 0 Å². The number of nitrogens with two attached hydrogens (primary N) is 1. The number of nitrogens with zero attached hydrogens (tertiary/aromatic N) is 3. The van der Waals surface area contributed by atoms with Gasteiger partial charge in [-0.25, -0.2) is 4.99 Å². The average Bonchev–Trinajstić information content (AvgIpc) is 2.45. The van der Waals surface area contributed by atoms with Crippen molar-refractivity contribution >= 4 is 17.7 Å². The van der Waals surface area contributed by atoms with Crippen LogP contribution in [0.4, 0.5) is 0 Å². The number of aromatic nitrogens is 1. The van der Waals surface area contributed by atoms with Gasteiger partial charge in [0.15, 0.2) is 5.96 Å². The Balaban J connectivity index is 2.09. The van der Waals surface area contributed by atoms with Crippen LogP contribution in [0.1, 0.15) is 11.3 Å². The molecule has 0 amide bonds. The molecule has 2 heterocycles. The molecule has 0 saturated carbocycles. The molecule has 104 valence electrons. The largest absolute Gasteiger partial charge is 0.370 e. The second kappa shape index (κ2) is 6.14. The van der Waals surface area contributed by atoms with Crippen molar-refractivity contribution in [3.05, 3.63) is 33.7 Å². The van der Waals surface area contributed by atoms with Crippen molar-refractivity contribution in [2.75, 3.05) is 24.6 Å². The molecule has 2 N–H and O–H groups in total. The van der Waals surface area contributed by atoms with Crippen LogP contribution < -0.4 is 11.3 Å². The first-order valence-corrected chi connectivity index (χ1v) is 7.53. The molecule has 1 saturated heterocycles. The minimum Gasteiger partial charge on any atom is -0.370 e. The van der Waals surface area contributed by atoms with E-state index in [9.17, 15) is 4.79 Å². The summed E-state index contributed by atoms with van der Waals surface area (Å²) in [6.45, 7) is 4.13. The lowest BCUT2D eigenvalue weighted by molar-refractivity contribution is 0.455. The Morgan fingerprint density at radius 3 is 2.79 bits per heavy atom. The van der Waals surface area contributed by atoms with Gasteiger partial charge in [-0.2, -0.15) is 11.8 Å². The van der Waals surface area contributed by atoms with E-state index in [1.165, 1.54) is 0 Å². The molecule has 5 nitrogen and oxygen atoms in total. The van der Waals surface area contributed by atoms with E-state index in [1.807, 2.05) is 30.8 Å². The predicted octanol–water partition coefficient (Wildman–Crippen LogP) is 0.557. The van der Waals surface area contributed by atoms with Crippen LogP contribution in [-0.2, 0) is 13.6 Å². The standard InChI is InChI=1S/C13H20N4OS/c1-10-3-4-11(12(18)16(10)2)9-15-13(14)17-5-7-19-8-6-17/h3-4H,5-9H2,1-2H3,(H2,14,15). The molecule has 19 heavy (non-hydrogen) atoms. The zero-order valence-electron chi connectivity index (χ0n) is 11.4. The lowest BCUT2D eigenvalue weighted by Gasteiger charge is -2.27. The van der Waals surface area contributed by atoms with E-state index < -0.39 is 0 Å². The summed E-state index contributed by atoms with van der Waals surface area (Å²) in [4.78, 5) is 18.4. The predicted molar refractivity (Wildman–Crippen MR) is 80.6 cm³/mol. The molecule has 0 radical (unpaired) electrons. The highest BCUT2D eigenvalue weighted by atomic mass is 32.2. The molecule has 1 aromatic heterocycles. The number of hydrogen-bond donors (Lipinski definition) is 1. The van der Waals surface area contributed by atoms with Crippen molar-refractivity contribution in [1.29, 1.82) is 0 Å². The molecule has 1 fully saturated rings. The SMILES string of the molecule is Cc1ccc(CN=C(N)N2CCSCC2)c(=O)n1C. The van der Waals surface area contributed by atoms with Crippen molar-refractivity contribution in [2.45, 2.75) is 13.5 Å². The van der Waals surface area contributed by atoms with Gasteiger partial charge >= 0.3 is 0 Å². The Morgan fingerprint density at radius 1 is 1.42 bits per heavy atom. The summed E-state index contributed by atoms with van der Waals surface area (Å²) in [6.07, 6.45) is 0. The molecule has 1 aromatic rings. The first-order chi connectivity index (χ1) is 9.09. The normalized spacial score (nSPS) is 16.7.